The third kappa shape index (κ3) is 2.21. The lowest BCUT2D eigenvalue weighted by atomic mass is 9.56. The summed E-state index contributed by atoms with van der Waals surface area (Å²) in [7, 11) is 3.68. The molecule has 0 unspecified atom stereocenters. The van der Waals surface area contributed by atoms with E-state index in [4.69, 9.17) is 10.5 Å². The summed E-state index contributed by atoms with van der Waals surface area (Å²) in [5.41, 5.74) is 6.91. The molecule has 6 nitrogen and oxygen atoms in total. The maximum absolute atomic E-state index is 10.1. The Morgan fingerprint density at radius 1 is 1.14 bits per heavy atom. The SMILES string of the molecule is COc1ccc([C@@H]2[C@@H]3C(=C[C@H]4CC[C@H]3N4C)C(C#N)=C(N)C2(C#N)C#N)cc1. The zero-order valence-electron chi connectivity index (χ0n) is 15.9. The minimum atomic E-state index is -1.59. The van der Waals surface area contributed by atoms with Gasteiger partial charge in [0.25, 0.3) is 0 Å². The van der Waals surface area contributed by atoms with Gasteiger partial charge in [0.05, 0.1) is 30.5 Å². The summed E-state index contributed by atoms with van der Waals surface area (Å²) < 4.78 is 5.26. The second kappa shape index (κ2) is 6.41. The van der Waals surface area contributed by atoms with Gasteiger partial charge in [-0.1, -0.05) is 18.2 Å². The molecule has 6 heteroatoms. The number of benzene rings is 1. The summed E-state index contributed by atoms with van der Waals surface area (Å²) in [6.07, 6.45) is 4.08. The number of ether oxygens (including phenoxy) is 1. The van der Waals surface area contributed by atoms with E-state index in [0.29, 0.717) is 11.3 Å². The van der Waals surface area contributed by atoms with Gasteiger partial charge in [0.15, 0.2) is 5.41 Å². The van der Waals surface area contributed by atoms with Crippen LogP contribution in [0.5, 0.6) is 5.75 Å². The smallest absolute Gasteiger partial charge is 0.191 e. The van der Waals surface area contributed by atoms with E-state index in [1.165, 1.54) is 0 Å². The molecule has 140 valence electrons. The van der Waals surface area contributed by atoms with Crippen molar-refractivity contribution < 1.29 is 4.74 Å². The second-order valence-corrected chi connectivity index (χ2v) is 7.71. The van der Waals surface area contributed by atoms with Gasteiger partial charge in [0.2, 0.25) is 0 Å². The van der Waals surface area contributed by atoms with Crippen LogP contribution in [0.1, 0.15) is 24.3 Å². The molecule has 28 heavy (non-hydrogen) atoms. The number of likely N-dealkylation sites (N-methyl/N-ethyl adjacent to an activating group) is 1. The Kier molecular flexibility index (Phi) is 4.15. The zero-order valence-corrected chi connectivity index (χ0v) is 15.9. The van der Waals surface area contributed by atoms with E-state index < -0.39 is 11.3 Å². The molecule has 0 radical (unpaired) electrons. The van der Waals surface area contributed by atoms with Gasteiger partial charge in [-0.2, -0.15) is 15.8 Å². The Labute approximate surface area is 164 Å². The van der Waals surface area contributed by atoms with Crippen LogP contribution in [0, 0.1) is 45.3 Å². The molecule has 4 rings (SSSR count). The number of hydrogen-bond acceptors (Lipinski definition) is 6. The maximum atomic E-state index is 10.1. The molecule has 1 fully saturated rings. The number of hydrogen-bond donors (Lipinski definition) is 1. The summed E-state index contributed by atoms with van der Waals surface area (Å²) in [4.78, 5) is 2.31. The number of fused-ring (bicyclic) bond motifs is 4. The lowest BCUT2D eigenvalue weighted by Gasteiger charge is -2.48. The normalized spacial score (nSPS) is 30.5. The average molecular weight is 371 g/mol. The van der Waals surface area contributed by atoms with Crippen LogP contribution in [-0.4, -0.2) is 31.1 Å². The minimum Gasteiger partial charge on any atom is -0.497 e. The van der Waals surface area contributed by atoms with Gasteiger partial charge in [-0.05, 0) is 43.2 Å². The van der Waals surface area contributed by atoms with Crippen LogP contribution in [-0.2, 0) is 0 Å². The van der Waals surface area contributed by atoms with Crippen LogP contribution in [0.4, 0.5) is 0 Å². The van der Waals surface area contributed by atoms with Crippen LogP contribution in [0.25, 0.3) is 0 Å². The molecule has 4 atom stereocenters. The molecule has 1 aromatic rings. The molecule has 2 heterocycles. The van der Waals surface area contributed by atoms with Crippen molar-refractivity contribution >= 4 is 0 Å². The van der Waals surface area contributed by atoms with Gasteiger partial charge < -0.3 is 10.5 Å². The molecule has 1 aromatic carbocycles. The van der Waals surface area contributed by atoms with Crippen LogP contribution >= 0.6 is 0 Å². The van der Waals surface area contributed by atoms with E-state index in [0.717, 1.165) is 24.0 Å². The first-order valence-electron chi connectivity index (χ1n) is 9.33. The van der Waals surface area contributed by atoms with E-state index in [9.17, 15) is 15.8 Å². The van der Waals surface area contributed by atoms with Crippen LogP contribution in [0.2, 0.25) is 0 Å². The summed E-state index contributed by atoms with van der Waals surface area (Å²) in [5, 5.41) is 30.1. The van der Waals surface area contributed by atoms with Gasteiger partial charge in [-0.3, -0.25) is 4.90 Å². The molecule has 0 amide bonds. The molecular formula is C22H21N5O. The number of nitrogens with two attached hydrogens (primary N) is 1. The van der Waals surface area contributed by atoms with Gasteiger partial charge >= 0.3 is 0 Å². The van der Waals surface area contributed by atoms with E-state index in [2.05, 4.69) is 36.2 Å². The van der Waals surface area contributed by atoms with Crippen molar-refractivity contribution in [3.63, 3.8) is 0 Å². The Bertz CT molecular complexity index is 987. The third-order valence-corrected chi connectivity index (χ3v) is 6.70. The van der Waals surface area contributed by atoms with E-state index in [1.54, 1.807) is 7.11 Å². The summed E-state index contributed by atoms with van der Waals surface area (Å²) >= 11 is 0. The third-order valence-electron chi connectivity index (χ3n) is 6.70. The number of allylic oxidation sites excluding steroid dienone is 2. The number of nitriles is 3. The number of nitrogens with zero attached hydrogens (tertiary/aromatic N) is 4. The highest BCUT2D eigenvalue weighted by molar-refractivity contribution is 5.60. The minimum absolute atomic E-state index is 0.0762. The standard InChI is InChI=1S/C22H21N5O/c1-27-14-5-8-18(27)19-16(9-14)17(10-23)21(26)22(11-24,12-25)20(19)13-3-6-15(28-2)7-4-13/h3-4,6-7,9,14,18-20H,5,8,26H2,1-2H3/t14-,18-,19-,20-/m1/s1. The van der Waals surface area contributed by atoms with Crippen molar-refractivity contribution in [3.8, 4) is 24.0 Å². The molecule has 0 saturated carbocycles. The first-order chi connectivity index (χ1) is 13.5. The Balaban J connectivity index is 2.01. The Morgan fingerprint density at radius 3 is 2.39 bits per heavy atom. The van der Waals surface area contributed by atoms with Crippen molar-refractivity contribution in [3.05, 3.63) is 52.7 Å². The van der Waals surface area contributed by atoms with Gasteiger partial charge in [0, 0.05) is 23.9 Å². The topological polar surface area (TPSA) is 110 Å². The molecule has 1 saturated heterocycles. The highest BCUT2D eigenvalue weighted by atomic mass is 16.5. The first-order valence-corrected chi connectivity index (χ1v) is 9.33. The quantitative estimate of drug-likeness (QED) is 0.855. The first kappa shape index (κ1) is 18.1. The van der Waals surface area contributed by atoms with Gasteiger partial charge in [-0.25, -0.2) is 0 Å². The largest absolute Gasteiger partial charge is 0.497 e. The molecule has 2 aliphatic heterocycles. The van der Waals surface area contributed by atoms with Gasteiger partial charge in [0.1, 0.15) is 11.8 Å². The lowest BCUT2D eigenvalue weighted by Crippen LogP contribution is -2.51. The molecule has 2 N–H and O–H groups in total. The number of rotatable bonds is 2. The van der Waals surface area contributed by atoms with Crippen LogP contribution < -0.4 is 10.5 Å². The molecule has 0 spiro atoms. The second-order valence-electron chi connectivity index (χ2n) is 7.71. The summed E-state index contributed by atoms with van der Waals surface area (Å²) in [6.45, 7) is 0. The molecule has 3 aliphatic rings. The van der Waals surface area contributed by atoms with Crippen molar-refractivity contribution in [1.29, 1.82) is 15.8 Å². The fourth-order valence-corrected chi connectivity index (χ4v) is 5.27. The van der Waals surface area contributed by atoms with E-state index in [1.807, 2.05) is 24.3 Å². The monoisotopic (exact) mass is 371 g/mol. The Hall–Kier alpha value is -3.27. The highest BCUT2D eigenvalue weighted by Gasteiger charge is 2.58. The van der Waals surface area contributed by atoms with Crippen molar-refractivity contribution in [2.45, 2.75) is 30.8 Å². The molecule has 0 aromatic heterocycles. The molecular weight excluding hydrogens is 350 g/mol. The zero-order chi connectivity index (χ0) is 20.1. The van der Waals surface area contributed by atoms with Crippen LogP contribution in [0.15, 0.2) is 47.2 Å². The lowest BCUT2D eigenvalue weighted by molar-refractivity contribution is 0.160. The van der Waals surface area contributed by atoms with E-state index in [-0.39, 0.29) is 23.7 Å². The molecule has 1 aliphatic carbocycles. The summed E-state index contributed by atoms with van der Waals surface area (Å²) in [5.74, 6) is 0.111. The maximum Gasteiger partial charge on any atom is 0.191 e. The fraction of sp³-hybridized carbons (Fsp3) is 0.409. The average Bonchev–Trinajstić information content (AvgIpc) is 2.96. The highest BCUT2D eigenvalue weighted by Crippen LogP contribution is 2.58. The molecule has 2 bridgehead atoms. The van der Waals surface area contributed by atoms with Crippen LogP contribution in [0.3, 0.4) is 0 Å². The Morgan fingerprint density at radius 2 is 1.82 bits per heavy atom. The van der Waals surface area contributed by atoms with E-state index >= 15 is 0 Å². The fourth-order valence-electron chi connectivity index (χ4n) is 5.27. The summed E-state index contributed by atoms with van der Waals surface area (Å²) in [6, 6.07) is 14.5. The van der Waals surface area contributed by atoms with Gasteiger partial charge in [-0.15, -0.1) is 0 Å². The number of methoxy groups -OCH3 is 1. The van der Waals surface area contributed by atoms with Crippen molar-refractivity contribution in [2.24, 2.45) is 17.1 Å². The predicted octanol–water partition coefficient (Wildman–Crippen LogP) is 2.58. The van der Waals surface area contributed by atoms with Crippen molar-refractivity contribution in [2.75, 3.05) is 14.2 Å². The van der Waals surface area contributed by atoms with Crippen molar-refractivity contribution in [1.82, 2.24) is 4.90 Å². The predicted molar refractivity (Wildman–Crippen MR) is 102 cm³/mol.